The summed E-state index contributed by atoms with van der Waals surface area (Å²) in [4.78, 5) is 26.8. The van der Waals surface area contributed by atoms with Gasteiger partial charge >= 0.3 is 0 Å². The summed E-state index contributed by atoms with van der Waals surface area (Å²) in [5.41, 5.74) is 10.1. The number of piperidine rings is 1. The molecule has 1 aliphatic rings. The second-order valence-corrected chi connectivity index (χ2v) is 7.06. The summed E-state index contributed by atoms with van der Waals surface area (Å²) in [5, 5.41) is 0. The van der Waals surface area contributed by atoms with Gasteiger partial charge in [-0.05, 0) is 37.3 Å². The third-order valence-electron chi connectivity index (χ3n) is 5.21. The molecule has 0 unspecified atom stereocenters. The number of carbonyl (C=O) groups excluding carboxylic acids is 1. The smallest absolute Gasteiger partial charge is 0.248 e. The highest BCUT2D eigenvalue weighted by atomic mass is 16.5. The maximum Gasteiger partial charge on any atom is 0.248 e. The molecule has 2 aromatic rings. The number of ether oxygens (including phenoxy) is 1. The van der Waals surface area contributed by atoms with E-state index in [1.54, 1.807) is 19.5 Å². The number of allylic oxidation sites excluding steroid dienone is 5. The van der Waals surface area contributed by atoms with Crippen LogP contribution in [0.4, 0.5) is 5.82 Å². The Kier molecular flexibility index (Phi) is 6.72. The number of anilines is 1. The average Bonchev–Trinajstić information content (AvgIpc) is 2.74. The van der Waals surface area contributed by atoms with E-state index in [4.69, 9.17) is 10.5 Å². The molecule has 152 valence electrons. The van der Waals surface area contributed by atoms with Gasteiger partial charge in [0.25, 0.3) is 0 Å². The lowest BCUT2D eigenvalue weighted by Crippen LogP contribution is -2.40. The molecule has 0 bridgehead atoms. The van der Waals surface area contributed by atoms with Crippen molar-refractivity contribution in [2.24, 2.45) is 5.92 Å². The summed E-state index contributed by atoms with van der Waals surface area (Å²) in [7, 11) is 1.54. The van der Waals surface area contributed by atoms with Crippen LogP contribution in [0.3, 0.4) is 0 Å². The Morgan fingerprint density at radius 2 is 2.03 bits per heavy atom. The van der Waals surface area contributed by atoms with Crippen molar-refractivity contribution in [2.45, 2.75) is 19.8 Å². The van der Waals surface area contributed by atoms with Crippen molar-refractivity contribution >= 4 is 28.3 Å². The average molecular weight is 393 g/mol. The number of nitrogen functional groups attached to an aromatic ring is 1. The first-order chi connectivity index (χ1) is 14.0. The molecule has 7 nitrogen and oxygen atoms in total. The van der Waals surface area contributed by atoms with Gasteiger partial charge in [-0.3, -0.25) is 9.78 Å². The summed E-state index contributed by atoms with van der Waals surface area (Å²) in [5.74, 6) is 0.771. The zero-order valence-electron chi connectivity index (χ0n) is 17.0. The third kappa shape index (κ3) is 4.86. The summed E-state index contributed by atoms with van der Waals surface area (Å²) >= 11 is 0. The number of amides is 1. The van der Waals surface area contributed by atoms with Crippen molar-refractivity contribution in [2.75, 3.05) is 32.5 Å². The van der Waals surface area contributed by atoms with E-state index in [1.165, 1.54) is 0 Å². The highest BCUT2D eigenvalue weighted by Crippen LogP contribution is 2.26. The van der Waals surface area contributed by atoms with Crippen LogP contribution in [0, 0.1) is 5.92 Å². The van der Waals surface area contributed by atoms with Gasteiger partial charge in [0.05, 0.1) is 11.2 Å². The van der Waals surface area contributed by atoms with Crippen LogP contribution < -0.4 is 5.73 Å². The Morgan fingerprint density at radius 1 is 1.31 bits per heavy atom. The lowest BCUT2D eigenvalue weighted by molar-refractivity contribution is -0.136. The normalized spacial score (nSPS) is 15.9. The standard InChI is InChI=1S/C22H27N5O2/c1-4-16(18-13-19-21(22(23)26-18)25-10-9-24-19)6-5-15(2)17-7-11-27(12-8-17)20(28)14-29-3/h4-6,9-10,13,17H,2,7-8,11-12,14H2,1,3H3,(H2,23,26)/b6-5-,16-4+. The summed E-state index contributed by atoms with van der Waals surface area (Å²) in [6.07, 6.45) is 11.1. The van der Waals surface area contributed by atoms with E-state index in [0.29, 0.717) is 17.3 Å². The maximum atomic E-state index is 11.9. The molecule has 2 N–H and O–H groups in total. The molecule has 7 heteroatoms. The van der Waals surface area contributed by atoms with Crippen LogP contribution in [0.5, 0.6) is 0 Å². The Balaban J connectivity index is 1.67. The van der Waals surface area contributed by atoms with Crippen molar-refractivity contribution in [1.82, 2.24) is 19.9 Å². The van der Waals surface area contributed by atoms with E-state index in [9.17, 15) is 4.79 Å². The Hall–Kier alpha value is -3.06. The highest BCUT2D eigenvalue weighted by molar-refractivity contribution is 5.87. The number of fused-ring (bicyclic) bond motifs is 1. The van der Waals surface area contributed by atoms with Crippen LogP contribution in [0.25, 0.3) is 16.6 Å². The quantitative estimate of drug-likeness (QED) is 0.758. The fourth-order valence-corrected chi connectivity index (χ4v) is 3.52. The molecule has 3 heterocycles. The van der Waals surface area contributed by atoms with Gasteiger partial charge in [0, 0.05) is 32.6 Å². The first-order valence-corrected chi connectivity index (χ1v) is 9.71. The van der Waals surface area contributed by atoms with Gasteiger partial charge < -0.3 is 15.4 Å². The topological polar surface area (TPSA) is 94.2 Å². The van der Waals surface area contributed by atoms with Crippen LogP contribution in [0.15, 0.2) is 48.8 Å². The van der Waals surface area contributed by atoms with Gasteiger partial charge in [-0.2, -0.15) is 0 Å². The molecule has 2 aromatic heterocycles. The fraction of sp³-hybridized carbons (Fsp3) is 0.364. The number of rotatable bonds is 6. The molecule has 29 heavy (non-hydrogen) atoms. The first-order valence-electron chi connectivity index (χ1n) is 9.71. The van der Waals surface area contributed by atoms with Crippen LogP contribution in [-0.2, 0) is 9.53 Å². The Bertz CT molecular complexity index is 959. The van der Waals surface area contributed by atoms with Crippen LogP contribution >= 0.6 is 0 Å². The summed E-state index contributed by atoms with van der Waals surface area (Å²) in [6, 6.07) is 1.89. The molecular weight excluding hydrogens is 366 g/mol. The molecule has 0 aromatic carbocycles. The fourth-order valence-electron chi connectivity index (χ4n) is 3.52. The molecule has 0 radical (unpaired) electrons. The van der Waals surface area contributed by atoms with Gasteiger partial charge in [0.15, 0.2) is 5.82 Å². The molecule has 0 aliphatic carbocycles. The van der Waals surface area contributed by atoms with Crippen molar-refractivity contribution in [3.8, 4) is 0 Å². The molecular formula is C22H27N5O2. The second kappa shape index (κ2) is 9.43. The number of carbonyl (C=O) groups is 1. The minimum absolute atomic E-state index is 0.0476. The number of hydrogen-bond donors (Lipinski definition) is 1. The molecule has 1 aliphatic heterocycles. The Labute approximate surface area is 171 Å². The number of aromatic nitrogens is 3. The van der Waals surface area contributed by atoms with E-state index in [1.807, 2.05) is 36.1 Å². The minimum atomic E-state index is 0.0476. The van der Waals surface area contributed by atoms with Crippen molar-refractivity contribution in [1.29, 1.82) is 0 Å². The molecule has 1 saturated heterocycles. The van der Waals surface area contributed by atoms with Crippen molar-refractivity contribution < 1.29 is 9.53 Å². The van der Waals surface area contributed by atoms with E-state index < -0.39 is 0 Å². The highest BCUT2D eigenvalue weighted by Gasteiger charge is 2.23. The van der Waals surface area contributed by atoms with E-state index >= 15 is 0 Å². The third-order valence-corrected chi connectivity index (χ3v) is 5.21. The molecule has 1 fully saturated rings. The Morgan fingerprint density at radius 3 is 2.72 bits per heavy atom. The number of nitrogens with two attached hydrogens (primary N) is 1. The number of hydrogen-bond acceptors (Lipinski definition) is 6. The molecule has 3 rings (SSSR count). The summed E-state index contributed by atoms with van der Waals surface area (Å²) < 4.78 is 4.94. The zero-order chi connectivity index (χ0) is 20.8. The molecule has 0 atom stereocenters. The predicted octanol–water partition coefficient (Wildman–Crippen LogP) is 3.01. The van der Waals surface area contributed by atoms with Gasteiger partial charge in [-0.25, -0.2) is 9.97 Å². The lowest BCUT2D eigenvalue weighted by atomic mass is 9.89. The SMILES string of the molecule is C=C(/C=C\C(=C/C)c1cc2nccnc2c(N)n1)C1CCN(C(=O)COC)CC1. The van der Waals surface area contributed by atoms with E-state index in [2.05, 4.69) is 21.5 Å². The van der Waals surface area contributed by atoms with Crippen LogP contribution in [0.2, 0.25) is 0 Å². The summed E-state index contributed by atoms with van der Waals surface area (Å²) in [6.45, 7) is 7.81. The van der Waals surface area contributed by atoms with E-state index in [0.717, 1.165) is 48.3 Å². The second-order valence-electron chi connectivity index (χ2n) is 7.06. The zero-order valence-corrected chi connectivity index (χ0v) is 17.0. The minimum Gasteiger partial charge on any atom is -0.382 e. The van der Waals surface area contributed by atoms with Gasteiger partial charge in [-0.15, -0.1) is 0 Å². The van der Waals surface area contributed by atoms with Gasteiger partial charge in [0.1, 0.15) is 12.1 Å². The number of methoxy groups -OCH3 is 1. The predicted molar refractivity (Wildman–Crippen MR) is 115 cm³/mol. The number of pyridine rings is 1. The maximum absolute atomic E-state index is 11.9. The van der Waals surface area contributed by atoms with E-state index in [-0.39, 0.29) is 12.5 Å². The lowest BCUT2D eigenvalue weighted by Gasteiger charge is -2.32. The number of likely N-dealkylation sites (tertiary alicyclic amines) is 1. The van der Waals surface area contributed by atoms with Gasteiger partial charge in [0.2, 0.25) is 5.91 Å². The van der Waals surface area contributed by atoms with Crippen LogP contribution in [0.1, 0.15) is 25.5 Å². The monoisotopic (exact) mass is 393 g/mol. The van der Waals surface area contributed by atoms with Crippen LogP contribution in [-0.4, -0.2) is 52.6 Å². The first kappa shape index (κ1) is 20.7. The molecule has 0 spiro atoms. The molecule has 0 saturated carbocycles. The number of nitrogens with zero attached hydrogens (tertiary/aromatic N) is 4. The largest absolute Gasteiger partial charge is 0.382 e. The van der Waals surface area contributed by atoms with Gasteiger partial charge in [-0.1, -0.05) is 30.4 Å². The van der Waals surface area contributed by atoms with Crippen molar-refractivity contribution in [3.63, 3.8) is 0 Å². The van der Waals surface area contributed by atoms with Crippen molar-refractivity contribution in [3.05, 3.63) is 54.5 Å². The molecule has 1 amide bonds.